The highest BCUT2D eigenvalue weighted by molar-refractivity contribution is 5.91. The summed E-state index contributed by atoms with van der Waals surface area (Å²) >= 11 is 0. The number of nitrogens with one attached hydrogen (secondary N) is 2. The van der Waals surface area contributed by atoms with Crippen LogP contribution < -0.4 is 15.9 Å². The summed E-state index contributed by atoms with van der Waals surface area (Å²) in [5, 5.41) is 2.86. The number of hydrogen-bond donors (Lipinski definition) is 2. The maximum atomic E-state index is 12.0. The van der Waals surface area contributed by atoms with Gasteiger partial charge in [0.1, 0.15) is 0 Å². The zero-order chi connectivity index (χ0) is 16.3. The first-order valence-corrected chi connectivity index (χ1v) is 7.21. The van der Waals surface area contributed by atoms with Crippen molar-refractivity contribution in [1.82, 2.24) is 9.55 Å². The van der Waals surface area contributed by atoms with Gasteiger partial charge >= 0.3 is 5.69 Å². The molecule has 118 valence electrons. The normalized spacial score (nSPS) is 10.5. The molecule has 0 aliphatic rings. The van der Waals surface area contributed by atoms with Crippen LogP contribution in [0.15, 0.2) is 29.1 Å². The summed E-state index contributed by atoms with van der Waals surface area (Å²) in [4.78, 5) is 28.5. The molecular formula is C16H22N4O2. The van der Waals surface area contributed by atoms with Crippen LogP contribution in [0.3, 0.4) is 0 Å². The van der Waals surface area contributed by atoms with Crippen LogP contribution in [0.5, 0.6) is 0 Å². The van der Waals surface area contributed by atoms with Crippen LogP contribution in [0.2, 0.25) is 0 Å². The third-order valence-electron chi connectivity index (χ3n) is 3.70. The molecule has 0 spiro atoms. The van der Waals surface area contributed by atoms with Crippen molar-refractivity contribution in [2.45, 2.75) is 26.8 Å². The number of anilines is 2. The monoisotopic (exact) mass is 302 g/mol. The lowest BCUT2D eigenvalue weighted by Crippen LogP contribution is -2.22. The lowest BCUT2D eigenvalue weighted by atomic mass is 10.2. The summed E-state index contributed by atoms with van der Waals surface area (Å²) in [6, 6.07) is 7.63. The molecular weight excluding hydrogens is 280 g/mol. The minimum atomic E-state index is -0.169. The number of benzene rings is 1. The van der Waals surface area contributed by atoms with Crippen LogP contribution in [-0.2, 0) is 11.3 Å². The van der Waals surface area contributed by atoms with E-state index in [0.29, 0.717) is 6.54 Å². The van der Waals surface area contributed by atoms with Crippen LogP contribution in [0, 0.1) is 13.8 Å². The van der Waals surface area contributed by atoms with Crippen LogP contribution >= 0.6 is 0 Å². The lowest BCUT2D eigenvalue weighted by molar-refractivity contribution is -0.116. The first kappa shape index (κ1) is 15.9. The van der Waals surface area contributed by atoms with Gasteiger partial charge in [-0.1, -0.05) is 6.07 Å². The number of rotatable bonds is 5. The van der Waals surface area contributed by atoms with Gasteiger partial charge in [0.15, 0.2) is 0 Å². The van der Waals surface area contributed by atoms with Gasteiger partial charge in [0, 0.05) is 49.8 Å². The predicted molar refractivity (Wildman–Crippen MR) is 88.5 cm³/mol. The molecule has 2 rings (SSSR count). The fourth-order valence-electron chi connectivity index (χ4n) is 2.24. The standard InChI is InChI=1S/C16H22N4O2/c1-11-12(2)20(16(22)17-11)9-8-15(21)18-13-6-5-7-14(10-13)19(3)4/h5-7,10H,8-9H2,1-4H3,(H,17,22)(H,18,21). The number of carbonyl (C=O) groups is 1. The second-order valence-corrected chi connectivity index (χ2v) is 5.54. The Hall–Kier alpha value is -2.50. The van der Waals surface area contributed by atoms with Gasteiger partial charge in [0.25, 0.3) is 0 Å². The molecule has 0 fully saturated rings. The van der Waals surface area contributed by atoms with E-state index in [1.54, 1.807) is 4.57 Å². The highest BCUT2D eigenvalue weighted by Gasteiger charge is 2.09. The van der Waals surface area contributed by atoms with Crippen molar-refractivity contribution < 1.29 is 4.79 Å². The number of amides is 1. The number of hydrogen-bond acceptors (Lipinski definition) is 3. The third kappa shape index (κ3) is 3.58. The molecule has 2 aromatic rings. The van der Waals surface area contributed by atoms with Crippen molar-refractivity contribution in [3.05, 3.63) is 46.1 Å². The van der Waals surface area contributed by atoms with E-state index in [4.69, 9.17) is 0 Å². The number of nitrogens with zero attached hydrogens (tertiary/aromatic N) is 2. The lowest BCUT2D eigenvalue weighted by Gasteiger charge is -2.14. The average molecular weight is 302 g/mol. The summed E-state index contributed by atoms with van der Waals surface area (Å²) in [5.74, 6) is -0.110. The molecule has 1 aromatic heterocycles. The molecule has 22 heavy (non-hydrogen) atoms. The van der Waals surface area contributed by atoms with Crippen molar-refractivity contribution in [3.8, 4) is 0 Å². The predicted octanol–water partition coefficient (Wildman–Crippen LogP) is 1.89. The molecule has 0 radical (unpaired) electrons. The van der Waals surface area contributed by atoms with Gasteiger partial charge in [-0.2, -0.15) is 0 Å². The molecule has 1 aromatic carbocycles. The van der Waals surface area contributed by atoms with Gasteiger partial charge in [0.2, 0.25) is 5.91 Å². The molecule has 0 unspecified atom stereocenters. The van der Waals surface area contributed by atoms with Crippen LogP contribution in [0.4, 0.5) is 11.4 Å². The minimum absolute atomic E-state index is 0.110. The van der Waals surface area contributed by atoms with Crippen molar-refractivity contribution in [2.75, 3.05) is 24.3 Å². The quantitative estimate of drug-likeness (QED) is 0.886. The molecule has 6 heteroatoms. The van der Waals surface area contributed by atoms with Crippen molar-refractivity contribution in [1.29, 1.82) is 0 Å². The van der Waals surface area contributed by atoms with Gasteiger partial charge in [-0.05, 0) is 32.0 Å². The van der Waals surface area contributed by atoms with Gasteiger partial charge < -0.3 is 15.2 Å². The Bertz CT molecular complexity index is 728. The van der Waals surface area contributed by atoms with Crippen LogP contribution in [-0.4, -0.2) is 29.6 Å². The van der Waals surface area contributed by atoms with E-state index in [0.717, 1.165) is 22.8 Å². The number of H-pyrrole nitrogens is 1. The van der Waals surface area contributed by atoms with E-state index in [2.05, 4.69) is 10.3 Å². The highest BCUT2D eigenvalue weighted by Crippen LogP contribution is 2.17. The molecule has 0 atom stereocenters. The number of carbonyl (C=O) groups excluding carboxylic acids is 1. The SMILES string of the molecule is Cc1[nH]c(=O)n(CCC(=O)Nc2cccc(N(C)C)c2)c1C. The highest BCUT2D eigenvalue weighted by atomic mass is 16.2. The molecule has 0 bridgehead atoms. The van der Waals surface area contributed by atoms with E-state index in [1.807, 2.05) is 57.1 Å². The molecule has 0 aliphatic heterocycles. The zero-order valence-electron chi connectivity index (χ0n) is 13.4. The van der Waals surface area contributed by atoms with Crippen molar-refractivity contribution >= 4 is 17.3 Å². The Kier molecular flexibility index (Phi) is 4.70. The molecule has 0 aliphatic carbocycles. The maximum Gasteiger partial charge on any atom is 0.325 e. The number of imidazole rings is 1. The molecule has 0 saturated carbocycles. The summed E-state index contributed by atoms with van der Waals surface area (Å²) < 4.78 is 1.59. The summed E-state index contributed by atoms with van der Waals surface area (Å²) in [5.41, 5.74) is 3.31. The molecule has 2 N–H and O–H groups in total. The van der Waals surface area contributed by atoms with Gasteiger partial charge in [-0.15, -0.1) is 0 Å². The smallest absolute Gasteiger partial charge is 0.325 e. The van der Waals surface area contributed by atoms with E-state index in [1.165, 1.54) is 0 Å². The van der Waals surface area contributed by atoms with Crippen molar-refractivity contribution in [2.24, 2.45) is 0 Å². The Balaban J connectivity index is 1.99. The molecule has 1 heterocycles. The van der Waals surface area contributed by atoms with Crippen LogP contribution in [0.25, 0.3) is 0 Å². The first-order chi connectivity index (χ1) is 10.4. The Morgan fingerprint density at radius 2 is 2.05 bits per heavy atom. The van der Waals surface area contributed by atoms with E-state index in [-0.39, 0.29) is 18.0 Å². The average Bonchev–Trinajstić information content (AvgIpc) is 2.70. The minimum Gasteiger partial charge on any atom is -0.378 e. The largest absolute Gasteiger partial charge is 0.378 e. The Morgan fingerprint density at radius 3 is 2.64 bits per heavy atom. The second-order valence-electron chi connectivity index (χ2n) is 5.54. The summed E-state index contributed by atoms with van der Waals surface area (Å²) in [7, 11) is 3.90. The maximum absolute atomic E-state index is 12.0. The van der Waals surface area contributed by atoms with Crippen molar-refractivity contribution in [3.63, 3.8) is 0 Å². The molecule has 1 amide bonds. The van der Waals surface area contributed by atoms with E-state index in [9.17, 15) is 9.59 Å². The van der Waals surface area contributed by atoms with E-state index >= 15 is 0 Å². The summed E-state index contributed by atoms with van der Waals surface area (Å²) in [6.45, 7) is 4.08. The fraction of sp³-hybridized carbons (Fsp3) is 0.375. The Morgan fingerprint density at radius 1 is 1.32 bits per heavy atom. The first-order valence-electron chi connectivity index (χ1n) is 7.21. The van der Waals surface area contributed by atoms with Crippen LogP contribution in [0.1, 0.15) is 17.8 Å². The number of aromatic nitrogens is 2. The molecule has 0 saturated heterocycles. The zero-order valence-corrected chi connectivity index (χ0v) is 13.4. The van der Waals surface area contributed by atoms with Gasteiger partial charge in [-0.3, -0.25) is 9.36 Å². The fourth-order valence-corrected chi connectivity index (χ4v) is 2.24. The van der Waals surface area contributed by atoms with Gasteiger partial charge in [-0.25, -0.2) is 4.79 Å². The van der Waals surface area contributed by atoms with E-state index < -0.39 is 0 Å². The molecule has 6 nitrogen and oxygen atoms in total. The number of aryl methyl sites for hydroxylation is 1. The number of aromatic amines is 1. The summed E-state index contributed by atoms with van der Waals surface area (Å²) in [6.07, 6.45) is 0.254. The van der Waals surface area contributed by atoms with Gasteiger partial charge in [0.05, 0.1) is 0 Å². The third-order valence-corrected chi connectivity index (χ3v) is 3.70. The Labute approximate surface area is 129 Å². The second kappa shape index (κ2) is 6.51. The topological polar surface area (TPSA) is 70.1 Å².